The molecule has 3 aromatic heterocycles. The Morgan fingerprint density at radius 3 is 2.91 bits per heavy atom. The third-order valence-corrected chi connectivity index (χ3v) is 6.46. The molecule has 5 nitrogen and oxygen atoms in total. The number of pyridine rings is 1. The van der Waals surface area contributed by atoms with E-state index in [0.717, 1.165) is 44.9 Å². The van der Waals surface area contributed by atoms with Crippen LogP contribution in [0, 0.1) is 0 Å². The topological polar surface area (TPSA) is 70.8 Å². The number of nitrogens with two attached hydrogens (primary N) is 1. The third kappa shape index (κ3) is 3.51. The monoisotopic (exact) mass is 443 g/mol. The average molecular weight is 445 g/mol. The lowest BCUT2D eigenvalue weighted by atomic mass is 10.3. The van der Waals surface area contributed by atoms with Crippen LogP contribution in [0.1, 0.15) is 11.3 Å². The summed E-state index contributed by atoms with van der Waals surface area (Å²) in [5.41, 5.74) is 7.36. The van der Waals surface area contributed by atoms with Gasteiger partial charge in [-0.15, -0.1) is 11.3 Å². The maximum atomic E-state index is 5.67. The first-order valence-corrected chi connectivity index (χ1v) is 9.27. The summed E-state index contributed by atoms with van der Waals surface area (Å²) in [4.78, 5) is 15.7. The van der Waals surface area contributed by atoms with Gasteiger partial charge in [0, 0.05) is 22.1 Å². The Balaban J connectivity index is 1.87. The molecule has 0 aliphatic rings. The molecule has 116 valence electrons. The molecule has 3 heterocycles. The number of hydrogen-bond donors (Lipinski definition) is 2. The van der Waals surface area contributed by atoms with Crippen LogP contribution in [0.4, 0.5) is 5.95 Å². The Morgan fingerprint density at radius 1 is 1.36 bits per heavy atom. The molecule has 0 bridgehead atoms. The molecule has 0 saturated carbocycles. The first kappa shape index (κ1) is 15.9. The first-order chi connectivity index (χ1) is 10.7. The zero-order valence-electron chi connectivity index (χ0n) is 11.7. The maximum Gasteiger partial charge on any atom is 0.205 e. The van der Waals surface area contributed by atoms with Crippen LogP contribution in [0.2, 0.25) is 0 Å². The van der Waals surface area contributed by atoms with E-state index in [9.17, 15) is 0 Å². The molecule has 0 radical (unpaired) electrons. The number of thiophene rings is 1. The Morgan fingerprint density at radius 2 is 2.23 bits per heavy atom. The predicted molar refractivity (Wildman–Crippen MR) is 98.3 cm³/mol. The molecular formula is C14H15Br2N5S. The fourth-order valence-electron chi connectivity index (χ4n) is 2.18. The van der Waals surface area contributed by atoms with Crippen molar-refractivity contribution >= 4 is 60.3 Å². The van der Waals surface area contributed by atoms with Crippen molar-refractivity contribution in [2.24, 2.45) is 5.73 Å². The van der Waals surface area contributed by atoms with Gasteiger partial charge in [-0.05, 0) is 63.0 Å². The lowest BCUT2D eigenvalue weighted by Gasteiger charge is -2.20. The molecule has 3 N–H and O–H groups in total. The fourth-order valence-corrected chi connectivity index (χ4v) is 4.37. The van der Waals surface area contributed by atoms with Gasteiger partial charge in [0.1, 0.15) is 0 Å². The van der Waals surface area contributed by atoms with Gasteiger partial charge in [0.25, 0.3) is 0 Å². The van der Waals surface area contributed by atoms with E-state index >= 15 is 0 Å². The van der Waals surface area contributed by atoms with Crippen molar-refractivity contribution in [1.29, 1.82) is 0 Å². The van der Waals surface area contributed by atoms with Gasteiger partial charge < -0.3 is 15.6 Å². The molecule has 0 aliphatic heterocycles. The molecular weight excluding hydrogens is 430 g/mol. The minimum Gasteiger partial charge on any atom is -0.337 e. The summed E-state index contributed by atoms with van der Waals surface area (Å²) < 4.78 is 2.19. The van der Waals surface area contributed by atoms with E-state index < -0.39 is 0 Å². The maximum absolute atomic E-state index is 5.67. The minimum absolute atomic E-state index is 0.660. The van der Waals surface area contributed by atoms with E-state index in [0.29, 0.717) is 6.54 Å². The minimum atomic E-state index is 0.660. The molecule has 0 aromatic carbocycles. The Labute approximate surface area is 149 Å². The van der Waals surface area contributed by atoms with Crippen LogP contribution in [0.25, 0.3) is 11.2 Å². The zero-order chi connectivity index (χ0) is 15.5. The molecule has 22 heavy (non-hydrogen) atoms. The average Bonchev–Trinajstić information content (AvgIpc) is 3.07. The molecule has 0 aliphatic carbocycles. The van der Waals surface area contributed by atoms with Gasteiger partial charge in [0.05, 0.1) is 15.8 Å². The summed E-state index contributed by atoms with van der Waals surface area (Å²) in [7, 11) is 0. The number of fused-ring (bicyclic) bond motifs is 1. The smallest absolute Gasteiger partial charge is 0.205 e. The summed E-state index contributed by atoms with van der Waals surface area (Å²) >= 11 is 8.79. The molecule has 3 aromatic rings. The Kier molecular flexibility index (Phi) is 5.12. The molecule has 0 unspecified atom stereocenters. The van der Waals surface area contributed by atoms with E-state index in [1.807, 2.05) is 12.1 Å². The number of imidazole rings is 1. The van der Waals surface area contributed by atoms with Crippen LogP contribution in [-0.4, -0.2) is 28.0 Å². The second-order valence-corrected chi connectivity index (χ2v) is 8.14. The molecule has 0 amide bonds. The quantitative estimate of drug-likeness (QED) is 0.604. The van der Waals surface area contributed by atoms with Gasteiger partial charge in [-0.25, -0.2) is 4.98 Å². The van der Waals surface area contributed by atoms with Crippen molar-refractivity contribution in [3.63, 3.8) is 0 Å². The number of aromatic amines is 1. The molecule has 3 rings (SSSR count). The second-order valence-electron chi connectivity index (χ2n) is 4.83. The highest BCUT2D eigenvalue weighted by molar-refractivity contribution is 9.13. The lowest BCUT2D eigenvalue weighted by molar-refractivity contribution is 0.724. The number of halogens is 2. The molecule has 0 saturated heterocycles. The standard InChI is InChI=1S/C14H15Br2N5S/c15-10-7-9(22-12(10)16)8-21(6-2-4-17)14-19-11-3-1-5-18-13(11)20-14/h1,3,5,7H,2,4,6,8,17H2,(H,18,19,20). The van der Waals surface area contributed by atoms with Crippen LogP contribution in [0.3, 0.4) is 0 Å². The van der Waals surface area contributed by atoms with Crippen LogP contribution >= 0.6 is 43.2 Å². The van der Waals surface area contributed by atoms with E-state index in [-0.39, 0.29) is 0 Å². The van der Waals surface area contributed by atoms with Crippen LogP contribution in [-0.2, 0) is 6.54 Å². The second kappa shape index (κ2) is 7.08. The lowest BCUT2D eigenvalue weighted by Crippen LogP contribution is -2.26. The van der Waals surface area contributed by atoms with Crippen molar-refractivity contribution < 1.29 is 0 Å². The highest BCUT2D eigenvalue weighted by atomic mass is 79.9. The van der Waals surface area contributed by atoms with E-state index in [2.05, 4.69) is 57.8 Å². The number of anilines is 1. The van der Waals surface area contributed by atoms with Crippen molar-refractivity contribution in [3.05, 3.63) is 37.5 Å². The van der Waals surface area contributed by atoms with E-state index in [1.54, 1.807) is 17.5 Å². The number of aromatic nitrogens is 3. The van der Waals surface area contributed by atoms with Crippen molar-refractivity contribution in [1.82, 2.24) is 15.0 Å². The van der Waals surface area contributed by atoms with Gasteiger partial charge in [-0.1, -0.05) is 0 Å². The number of hydrogen-bond acceptors (Lipinski definition) is 5. The normalized spacial score (nSPS) is 11.2. The van der Waals surface area contributed by atoms with Gasteiger partial charge in [-0.3, -0.25) is 0 Å². The van der Waals surface area contributed by atoms with Crippen LogP contribution in [0.15, 0.2) is 32.7 Å². The van der Waals surface area contributed by atoms with Gasteiger partial charge in [0.15, 0.2) is 5.65 Å². The number of nitrogens with zero attached hydrogens (tertiary/aromatic N) is 3. The highest BCUT2D eigenvalue weighted by Crippen LogP contribution is 2.33. The molecule has 0 fully saturated rings. The third-order valence-electron chi connectivity index (χ3n) is 3.22. The van der Waals surface area contributed by atoms with Gasteiger partial charge in [-0.2, -0.15) is 4.98 Å². The van der Waals surface area contributed by atoms with Crippen molar-refractivity contribution in [2.45, 2.75) is 13.0 Å². The summed E-state index contributed by atoms with van der Waals surface area (Å²) in [5, 5.41) is 0. The first-order valence-electron chi connectivity index (χ1n) is 6.87. The number of nitrogens with one attached hydrogen (secondary N) is 1. The van der Waals surface area contributed by atoms with E-state index in [4.69, 9.17) is 5.73 Å². The highest BCUT2D eigenvalue weighted by Gasteiger charge is 2.14. The van der Waals surface area contributed by atoms with Crippen molar-refractivity contribution in [2.75, 3.05) is 18.0 Å². The molecule has 0 spiro atoms. The van der Waals surface area contributed by atoms with Gasteiger partial charge >= 0.3 is 0 Å². The largest absolute Gasteiger partial charge is 0.337 e. The van der Waals surface area contributed by atoms with Crippen molar-refractivity contribution in [3.8, 4) is 0 Å². The molecule has 8 heteroatoms. The summed E-state index contributed by atoms with van der Waals surface area (Å²) in [5.74, 6) is 0.836. The summed E-state index contributed by atoms with van der Waals surface area (Å²) in [6, 6.07) is 6.02. The Bertz CT molecular complexity index is 717. The van der Waals surface area contributed by atoms with Crippen LogP contribution < -0.4 is 10.6 Å². The Hall–Kier alpha value is -0.960. The fraction of sp³-hybridized carbons (Fsp3) is 0.286. The molecule has 0 atom stereocenters. The predicted octanol–water partition coefficient (Wildman–Crippen LogP) is 3.90. The van der Waals surface area contributed by atoms with Crippen LogP contribution in [0.5, 0.6) is 0 Å². The SMILES string of the molecule is NCCCN(Cc1cc(Br)c(Br)s1)c1nc2ncccc2[nH]1. The zero-order valence-corrected chi connectivity index (χ0v) is 15.7. The van der Waals surface area contributed by atoms with E-state index in [1.165, 1.54) is 4.88 Å². The summed E-state index contributed by atoms with van der Waals surface area (Å²) in [6.45, 7) is 2.30. The number of rotatable bonds is 6. The summed E-state index contributed by atoms with van der Waals surface area (Å²) in [6.07, 6.45) is 2.67. The van der Waals surface area contributed by atoms with Gasteiger partial charge in [0.2, 0.25) is 5.95 Å². The number of H-pyrrole nitrogens is 1.